The van der Waals surface area contributed by atoms with Gasteiger partial charge in [-0.05, 0) is 42.5 Å². The number of aromatic nitrogens is 1. The van der Waals surface area contributed by atoms with Crippen LogP contribution in [-0.2, 0) is 0 Å². The summed E-state index contributed by atoms with van der Waals surface area (Å²) in [5, 5.41) is 0. The second kappa shape index (κ2) is 7.14. The number of hydrogen-bond donors (Lipinski definition) is 2. The molecule has 6 heteroatoms. The van der Waals surface area contributed by atoms with Crippen LogP contribution in [-0.4, -0.2) is 16.4 Å². The van der Waals surface area contributed by atoms with E-state index in [0.717, 1.165) is 10.2 Å². The van der Waals surface area contributed by atoms with Crippen LogP contribution in [0, 0.1) is 0 Å². The van der Waals surface area contributed by atoms with Gasteiger partial charge in [0.1, 0.15) is 0 Å². The van der Waals surface area contributed by atoms with E-state index in [-0.39, 0.29) is 11.8 Å². The lowest BCUT2D eigenvalue weighted by molar-refractivity contribution is 0.0846. The highest BCUT2D eigenvalue weighted by molar-refractivity contribution is 9.10. The predicted molar refractivity (Wildman–Crippen MR) is 94.8 cm³/mol. The molecule has 0 saturated carbocycles. The fourth-order valence-electron chi connectivity index (χ4n) is 2.27. The molecule has 3 aromatic rings. The summed E-state index contributed by atoms with van der Waals surface area (Å²) in [6.45, 7) is 0. The molecule has 0 saturated heterocycles. The first-order valence-electron chi connectivity index (χ1n) is 7.24. The average molecular weight is 384 g/mol. The number of halogens is 1. The third-order valence-electron chi connectivity index (χ3n) is 3.41. The van der Waals surface area contributed by atoms with Crippen LogP contribution in [0.5, 0.6) is 0 Å². The lowest BCUT2D eigenvalue weighted by Gasteiger charge is -2.12. The van der Waals surface area contributed by atoms with Crippen molar-refractivity contribution in [3.8, 4) is 5.69 Å². The number of hydrazine groups is 1. The van der Waals surface area contributed by atoms with Crippen LogP contribution in [0.1, 0.15) is 20.7 Å². The Morgan fingerprint density at radius 1 is 0.833 bits per heavy atom. The van der Waals surface area contributed by atoms with E-state index in [1.54, 1.807) is 30.3 Å². The van der Waals surface area contributed by atoms with Crippen LogP contribution in [0.25, 0.3) is 5.69 Å². The van der Waals surface area contributed by atoms with E-state index in [0.29, 0.717) is 11.1 Å². The SMILES string of the molecule is O=C(NNC(=O)c1ccccc1-n1cccc1)c1cccc(Br)c1. The van der Waals surface area contributed by atoms with Gasteiger partial charge in [0.2, 0.25) is 0 Å². The highest BCUT2D eigenvalue weighted by atomic mass is 79.9. The zero-order chi connectivity index (χ0) is 16.9. The van der Waals surface area contributed by atoms with E-state index in [1.807, 2.05) is 47.3 Å². The Morgan fingerprint density at radius 3 is 2.29 bits per heavy atom. The van der Waals surface area contributed by atoms with Crippen molar-refractivity contribution in [1.29, 1.82) is 0 Å². The molecule has 1 aromatic heterocycles. The van der Waals surface area contributed by atoms with Crippen LogP contribution in [0.4, 0.5) is 0 Å². The largest absolute Gasteiger partial charge is 0.323 e. The quantitative estimate of drug-likeness (QED) is 0.681. The molecule has 0 bridgehead atoms. The number of rotatable bonds is 3. The average Bonchev–Trinajstić information content (AvgIpc) is 3.14. The lowest BCUT2D eigenvalue weighted by atomic mass is 10.1. The monoisotopic (exact) mass is 383 g/mol. The van der Waals surface area contributed by atoms with E-state index in [9.17, 15) is 9.59 Å². The molecule has 5 nitrogen and oxygen atoms in total. The van der Waals surface area contributed by atoms with Gasteiger partial charge in [-0.25, -0.2) is 0 Å². The summed E-state index contributed by atoms with van der Waals surface area (Å²) in [7, 11) is 0. The molecule has 0 atom stereocenters. The Labute approximate surface area is 147 Å². The summed E-state index contributed by atoms with van der Waals surface area (Å²) in [6.07, 6.45) is 3.71. The minimum absolute atomic E-state index is 0.386. The van der Waals surface area contributed by atoms with E-state index < -0.39 is 0 Å². The maximum Gasteiger partial charge on any atom is 0.271 e. The number of carbonyl (C=O) groups excluding carboxylic acids is 2. The maximum atomic E-state index is 12.4. The first-order chi connectivity index (χ1) is 11.6. The van der Waals surface area contributed by atoms with Crippen molar-refractivity contribution in [2.75, 3.05) is 0 Å². The Morgan fingerprint density at radius 2 is 1.54 bits per heavy atom. The van der Waals surface area contributed by atoms with Crippen LogP contribution in [0.3, 0.4) is 0 Å². The minimum Gasteiger partial charge on any atom is -0.323 e. The van der Waals surface area contributed by atoms with Gasteiger partial charge in [0.15, 0.2) is 0 Å². The molecule has 0 aliphatic carbocycles. The predicted octanol–water partition coefficient (Wildman–Crippen LogP) is 3.31. The number of amides is 2. The summed E-state index contributed by atoms with van der Waals surface area (Å²) in [5.41, 5.74) is 6.52. The van der Waals surface area contributed by atoms with E-state index >= 15 is 0 Å². The fraction of sp³-hybridized carbons (Fsp3) is 0. The van der Waals surface area contributed by atoms with E-state index in [2.05, 4.69) is 26.8 Å². The van der Waals surface area contributed by atoms with Crippen LogP contribution in [0.2, 0.25) is 0 Å². The summed E-state index contributed by atoms with van der Waals surface area (Å²) in [5.74, 6) is -0.772. The van der Waals surface area contributed by atoms with Gasteiger partial charge >= 0.3 is 0 Å². The third kappa shape index (κ3) is 3.55. The molecule has 3 rings (SSSR count). The summed E-state index contributed by atoms with van der Waals surface area (Å²) >= 11 is 3.31. The Balaban J connectivity index is 1.73. The standard InChI is InChI=1S/C18H14BrN3O2/c19-14-7-5-6-13(12-14)17(23)20-21-18(24)15-8-1-2-9-16(15)22-10-3-4-11-22/h1-12H,(H,20,23)(H,21,24). The number of para-hydroxylation sites is 1. The zero-order valence-electron chi connectivity index (χ0n) is 12.6. The van der Waals surface area contributed by atoms with Crippen molar-refractivity contribution in [2.24, 2.45) is 0 Å². The van der Waals surface area contributed by atoms with Crippen LogP contribution in [0.15, 0.2) is 77.5 Å². The van der Waals surface area contributed by atoms with Crippen molar-refractivity contribution < 1.29 is 9.59 Å². The number of benzene rings is 2. The molecular formula is C18H14BrN3O2. The second-order valence-electron chi connectivity index (χ2n) is 5.03. The Hall–Kier alpha value is -2.86. The van der Waals surface area contributed by atoms with E-state index in [4.69, 9.17) is 0 Å². The van der Waals surface area contributed by atoms with Crippen LogP contribution >= 0.6 is 15.9 Å². The van der Waals surface area contributed by atoms with Gasteiger partial charge in [-0.1, -0.05) is 34.1 Å². The zero-order valence-corrected chi connectivity index (χ0v) is 14.2. The number of nitrogens with one attached hydrogen (secondary N) is 2. The normalized spacial score (nSPS) is 10.2. The second-order valence-corrected chi connectivity index (χ2v) is 5.94. The molecule has 24 heavy (non-hydrogen) atoms. The summed E-state index contributed by atoms with van der Waals surface area (Å²) in [6, 6.07) is 17.8. The Kier molecular flexibility index (Phi) is 4.77. The Bertz CT molecular complexity index is 875. The van der Waals surface area contributed by atoms with E-state index in [1.165, 1.54) is 0 Å². The highest BCUT2D eigenvalue weighted by Gasteiger charge is 2.13. The molecule has 1 heterocycles. The first-order valence-corrected chi connectivity index (χ1v) is 8.03. The molecule has 0 spiro atoms. The van der Waals surface area contributed by atoms with Gasteiger partial charge in [0.25, 0.3) is 11.8 Å². The number of carbonyl (C=O) groups is 2. The van der Waals surface area contributed by atoms with Crippen molar-refractivity contribution in [3.63, 3.8) is 0 Å². The smallest absolute Gasteiger partial charge is 0.271 e. The van der Waals surface area contributed by atoms with Gasteiger partial charge in [-0.3, -0.25) is 20.4 Å². The number of nitrogens with zero attached hydrogens (tertiary/aromatic N) is 1. The fourth-order valence-corrected chi connectivity index (χ4v) is 2.67. The maximum absolute atomic E-state index is 12.4. The molecule has 120 valence electrons. The summed E-state index contributed by atoms with van der Waals surface area (Å²) in [4.78, 5) is 24.5. The van der Waals surface area contributed by atoms with Gasteiger partial charge < -0.3 is 4.57 Å². The van der Waals surface area contributed by atoms with Gasteiger partial charge in [-0.2, -0.15) is 0 Å². The molecule has 0 aliphatic heterocycles. The van der Waals surface area contributed by atoms with Crippen molar-refractivity contribution in [1.82, 2.24) is 15.4 Å². The topological polar surface area (TPSA) is 63.1 Å². The molecule has 0 fully saturated rings. The molecular weight excluding hydrogens is 370 g/mol. The molecule has 0 aliphatic rings. The molecule has 2 aromatic carbocycles. The van der Waals surface area contributed by atoms with Gasteiger partial charge in [-0.15, -0.1) is 0 Å². The third-order valence-corrected chi connectivity index (χ3v) is 3.90. The first kappa shape index (κ1) is 16.0. The highest BCUT2D eigenvalue weighted by Crippen LogP contribution is 2.14. The van der Waals surface area contributed by atoms with Crippen molar-refractivity contribution >= 4 is 27.7 Å². The molecule has 0 radical (unpaired) electrons. The number of hydrogen-bond acceptors (Lipinski definition) is 2. The van der Waals surface area contributed by atoms with Gasteiger partial charge in [0, 0.05) is 22.4 Å². The lowest BCUT2D eigenvalue weighted by Crippen LogP contribution is -2.41. The molecule has 2 amide bonds. The van der Waals surface area contributed by atoms with Crippen LogP contribution < -0.4 is 10.9 Å². The van der Waals surface area contributed by atoms with Gasteiger partial charge in [0.05, 0.1) is 11.3 Å². The minimum atomic E-state index is -0.386. The van der Waals surface area contributed by atoms with Crippen molar-refractivity contribution in [3.05, 3.63) is 88.7 Å². The van der Waals surface area contributed by atoms with Crippen molar-refractivity contribution in [2.45, 2.75) is 0 Å². The molecule has 2 N–H and O–H groups in total. The summed E-state index contributed by atoms with van der Waals surface area (Å²) < 4.78 is 2.63. The molecule has 0 unspecified atom stereocenters.